The third kappa shape index (κ3) is 4.37. The van der Waals surface area contributed by atoms with E-state index in [1.807, 2.05) is 0 Å². The van der Waals surface area contributed by atoms with E-state index >= 15 is 0 Å². The molecule has 0 N–H and O–H groups in total. The van der Waals surface area contributed by atoms with Crippen LogP contribution in [-0.2, 0) is 8.53 Å². The summed E-state index contributed by atoms with van der Waals surface area (Å²) in [6.45, 7) is 0. The van der Waals surface area contributed by atoms with Gasteiger partial charge in [0, 0.05) is 11.6 Å². The molecule has 0 saturated heterocycles. The summed E-state index contributed by atoms with van der Waals surface area (Å²) in [4.78, 5) is 11.5. The number of nitrogens with zero attached hydrogens (tertiary/aromatic N) is 2. The summed E-state index contributed by atoms with van der Waals surface area (Å²) in [5.74, 6) is 0.0499. The molecule has 0 amide bonds. The number of carbonyl (C=O) groups excluding carboxylic acids is 1. The monoisotopic (exact) mass is 376 g/mol. The number of hydrogen-bond donors (Lipinski definition) is 0. The van der Waals surface area contributed by atoms with Gasteiger partial charge in [0.2, 0.25) is 5.89 Å². The topological polar surface area (TPSA) is 74.5 Å². The fourth-order valence-corrected chi connectivity index (χ4v) is 1.90. The van der Waals surface area contributed by atoms with Crippen molar-refractivity contribution in [3.63, 3.8) is 0 Å². The van der Waals surface area contributed by atoms with E-state index in [0.717, 1.165) is 0 Å². The smallest absolute Gasteiger partial charge is 0.337 e. The molecule has 23 heavy (non-hydrogen) atoms. The maximum atomic E-state index is 11.5. The van der Waals surface area contributed by atoms with E-state index in [9.17, 15) is 4.79 Å². The molecule has 9 heteroatoms. The van der Waals surface area contributed by atoms with Gasteiger partial charge in [0.1, 0.15) is 5.75 Å². The van der Waals surface area contributed by atoms with E-state index in [2.05, 4.69) is 14.9 Å². The van der Waals surface area contributed by atoms with Crippen molar-refractivity contribution in [1.29, 1.82) is 0 Å². The SMILES string of the molecule is COC(=O)c1ccc(C=Cc2nnc(C(Cl)(Cl)Cl)o2)c(OC)c1. The van der Waals surface area contributed by atoms with E-state index in [0.29, 0.717) is 16.9 Å². The second-order valence-corrected chi connectivity index (χ2v) is 6.51. The number of esters is 1. The Morgan fingerprint density at radius 3 is 2.52 bits per heavy atom. The number of alkyl halides is 3. The van der Waals surface area contributed by atoms with E-state index in [4.69, 9.17) is 44.0 Å². The lowest BCUT2D eigenvalue weighted by molar-refractivity contribution is 0.0600. The lowest BCUT2D eigenvalue weighted by Crippen LogP contribution is -2.01. The first-order valence-corrected chi connectivity index (χ1v) is 7.33. The highest BCUT2D eigenvalue weighted by Crippen LogP contribution is 2.37. The Hall–Kier alpha value is -1.76. The Bertz CT molecular complexity index is 738. The molecule has 6 nitrogen and oxygen atoms in total. The van der Waals surface area contributed by atoms with Gasteiger partial charge >= 0.3 is 5.97 Å². The third-order valence-electron chi connectivity index (χ3n) is 2.74. The molecule has 0 aliphatic rings. The minimum absolute atomic E-state index is 0.129. The molecule has 0 radical (unpaired) electrons. The van der Waals surface area contributed by atoms with Gasteiger partial charge in [-0.3, -0.25) is 0 Å². The number of halogens is 3. The molecule has 0 atom stereocenters. The maximum Gasteiger partial charge on any atom is 0.337 e. The number of methoxy groups -OCH3 is 2. The van der Waals surface area contributed by atoms with Crippen LogP contribution in [0.2, 0.25) is 0 Å². The van der Waals surface area contributed by atoms with Crippen LogP contribution in [-0.4, -0.2) is 30.4 Å². The van der Waals surface area contributed by atoms with E-state index in [1.165, 1.54) is 20.3 Å². The quantitative estimate of drug-likeness (QED) is 0.595. The Labute approximate surface area is 146 Å². The first-order valence-electron chi connectivity index (χ1n) is 6.20. The van der Waals surface area contributed by atoms with Crippen LogP contribution in [0.4, 0.5) is 0 Å². The highest BCUT2D eigenvalue weighted by Gasteiger charge is 2.29. The van der Waals surface area contributed by atoms with Gasteiger partial charge in [-0.2, -0.15) is 0 Å². The summed E-state index contributed by atoms with van der Waals surface area (Å²) < 4.78 is 13.3. The van der Waals surface area contributed by atoms with Crippen molar-refractivity contribution in [1.82, 2.24) is 10.2 Å². The standard InChI is InChI=1S/C14H11Cl3N2O4/c1-21-10-7-9(12(20)22-2)4-3-8(10)5-6-11-18-19-13(23-11)14(15,16)17/h3-7H,1-2H3. The van der Waals surface area contributed by atoms with Crippen molar-refractivity contribution >= 4 is 52.9 Å². The Kier molecular flexibility index (Phi) is 5.51. The largest absolute Gasteiger partial charge is 0.496 e. The van der Waals surface area contributed by atoms with Crippen LogP contribution in [0.3, 0.4) is 0 Å². The summed E-state index contributed by atoms with van der Waals surface area (Å²) in [5.41, 5.74) is 1.06. The number of rotatable bonds is 4. The van der Waals surface area contributed by atoms with E-state index in [1.54, 1.807) is 24.3 Å². The lowest BCUT2D eigenvalue weighted by atomic mass is 10.1. The molecule has 122 valence electrons. The van der Waals surface area contributed by atoms with Crippen molar-refractivity contribution in [2.24, 2.45) is 0 Å². The number of hydrogen-bond acceptors (Lipinski definition) is 6. The number of aromatic nitrogens is 2. The van der Waals surface area contributed by atoms with Crippen molar-refractivity contribution in [2.75, 3.05) is 14.2 Å². The predicted octanol–water partition coefficient (Wildman–Crippen LogP) is 3.86. The molecule has 0 saturated carbocycles. The van der Waals surface area contributed by atoms with Crippen LogP contribution < -0.4 is 4.74 Å². The highest BCUT2D eigenvalue weighted by atomic mass is 35.6. The Morgan fingerprint density at radius 2 is 1.96 bits per heavy atom. The average molecular weight is 378 g/mol. The molecule has 1 aromatic heterocycles. The fourth-order valence-electron chi connectivity index (χ4n) is 1.67. The zero-order valence-corrected chi connectivity index (χ0v) is 14.3. The molecule has 0 bridgehead atoms. The number of carbonyl (C=O) groups is 1. The fraction of sp³-hybridized carbons (Fsp3) is 0.214. The van der Waals surface area contributed by atoms with Crippen molar-refractivity contribution < 1.29 is 18.7 Å². The zero-order valence-electron chi connectivity index (χ0n) is 12.0. The van der Waals surface area contributed by atoms with Crippen molar-refractivity contribution in [3.05, 3.63) is 41.1 Å². The second-order valence-electron chi connectivity index (χ2n) is 4.22. The normalized spacial score (nSPS) is 11.7. The van der Waals surface area contributed by atoms with Gasteiger partial charge < -0.3 is 13.9 Å². The van der Waals surface area contributed by atoms with Gasteiger partial charge in [0.15, 0.2) is 0 Å². The summed E-state index contributed by atoms with van der Waals surface area (Å²) >= 11 is 16.9. The first-order chi connectivity index (χ1) is 10.8. The molecular formula is C14H11Cl3N2O4. The van der Waals surface area contributed by atoms with Crippen LogP contribution in [0.5, 0.6) is 5.75 Å². The number of ether oxygens (including phenoxy) is 2. The molecule has 2 aromatic rings. The van der Waals surface area contributed by atoms with Crippen molar-refractivity contribution in [2.45, 2.75) is 3.79 Å². The van der Waals surface area contributed by atoms with Crippen LogP contribution in [0.1, 0.15) is 27.7 Å². The average Bonchev–Trinajstić information content (AvgIpc) is 3.01. The summed E-state index contributed by atoms with van der Waals surface area (Å²) in [6.07, 6.45) is 3.19. The molecule has 1 aromatic carbocycles. The summed E-state index contributed by atoms with van der Waals surface area (Å²) in [7, 11) is 2.79. The van der Waals surface area contributed by atoms with E-state index < -0.39 is 9.76 Å². The van der Waals surface area contributed by atoms with Crippen LogP contribution >= 0.6 is 34.8 Å². The molecule has 0 fully saturated rings. The molecular weight excluding hydrogens is 367 g/mol. The second kappa shape index (κ2) is 7.21. The van der Waals surface area contributed by atoms with Gasteiger partial charge in [-0.05, 0) is 18.2 Å². The van der Waals surface area contributed by atoms with Crippen LogP contribution in [0.15, 0.2) is 22.6 Å². The third-order valence-corrected chi connectivity index (χ3v) is 3.23. The van der Waals surface area contributed by atoms with Crippen LogP contribution in [0.25, 0.3) is 12.2 Å². The van der Waals surface area contributed by atoms with E-state index in [-0.39, 0.29) is 11.8 Å². The number of benzene rings is 1. The van der Waals surface area contributed by atoms with Gasteiger partial charge in [0.25, 0.3) is 9.68 Å². The zero-order chi connectivity index (χ0) is 17.0. The Morgan fingerprint density at radius 1 is 1.22 bits per heavy atom. The lowest BCUT2D eigenvalue weighted by Gasteiger charge is -2.06. The molecule has 1 heterocycles. The Balaban J connectivity index is 2.25. The minimum atomic E-state index is -1.78. The van der Waals surface area contributed by atoms with Gasteiger partial charge in [-0.1, -0.05) is 40.9 Å². The predicted molar refractivity (Wildman–Crippen MR) is 86.8 cm³/mol. The van der Waals surface area contributed by atoms with Gasteiger partial charge in [-0.15, -0.1) is 10.2 Å². The maximum absolute atomic E-state index is 11.5. The summed E-state index contributed by atoms with van der Waals surface area (Å²) in [5, 5.41) is 7.38. The molecule has 0 aliphatic carbocycles. The van der Waals surface area contributed by atoms with Crippen LogP contribution in [0, 0.1) is 0 Å². The minimum Gasteiger partial charge on any atom is -0.496 e. The molecule has 2 rings (SSSR count). The first kappa shape index (κ1) is 17.6. The van der Waals surface area contributed by atoms with Gasteiger partial charge in [-0.25, -0.2) is 4.79 Å². The summed E-state index contributed by atoms with van der Waals surface area (Å²) in [6, 6.07) is 4.86. The van der Waals surface area contributed by atoms with Gasteiger partial charge in [0.05, 0.1) is 19.8 Å². The molecule has 0 unspecified atom stereocenters. The highest BCUT2D eigenvalue weighted by molar-refractivity contribution is 6.66. The van der Waals surface area contributed by atoms with Crippen molar-refractivity contribution in [3.8, 4) is 5.75 Å². The molecule has 0 aliphatic heterocycles. The molecule has 0 spiro atoms.